The van der Waals surface area contributed by atoms with Crippen LogP contribution in [0.15, 0.2) is 0 Å². The molecule has 0 bridgehead atoms. The number of hydrogen-bond donors (Lipinski definition) is 0. The second kappa shape index (κ2) is 6.40. The molecule has 0 heterocycles. The van der Waals surface area contributed by atoms with Crippen molar-refractivity contribution in [3.8, 4) is 0 Å². The van der Waals surface area contributed by atoms with E-state index in [0.29, 0.717) is 11.0 Å². The number of methoxy groups -OCH3 is 1. The van der Waals surface area contributed by atoms with Gasteiger partial charge in [0.2, 0.25) is 0 Å². The van der Waals surface area contributed by atoms with E-state index in [9.17, 15) is 4.79 Å². The van der Waals surface area contributed by atoms with Crippen LogP contribution in [-0.2, 0) is 14.0 Å². The van der Waals surface area contributed by atoms with Crippen molar-refractivity contribution in [2.24, 2.45) is 11.8 Å². The van der Waals surface area contributed by atoms with Gasteiger partial charge in [-0.1, -0.05) is 20.8 Å². The lowest BCUT2D eigenvalue weighted by molar-refractivity contribution is -0.147. The molecule has 0 atom stereocenters. The van der Waals surface area contributed by atoms with Crippen LogP contribution in [0, 0.1) is 11.8 Å². The summed E-state index contributed by atoms with van der Waals surface area (Å²) >= 11 is 0. The average Bonchev–Trinajstić information content (AvgIpc) is 2.35. The zero-order valence-corrected chi connectivity index (χ0v) is 14.8. The van der Waals surface area contributed by atoms with E-state index in [1.54, 1.807) is 0 Å². The molecule has 112 valence electrons. The van der Waals surface area contributed by atoms with Crippen molar-refractivity contribution in [3.63, 3.8) is 0 Å². The molecule has 4 heteroatoms. The van der Waals surface area contributed by atoms with Gasteiger partial charge in [-0.05, 0) is 50.5 Å². The summed E-state index contributed by atoms with van der Waals surface area (Å²) in [7, 11) is 0.958. The molecule has 0 amide bonds. The Morgan fingerprint density at radius 3 is 2.00 bits per heavy atom. The fourth-order valence-corrected chi connectivity index (χ4v) is 3.75. The van der Waals surface area contributed by atoms with Crippen LogP contribution < -0.4 is 0 Å². The van der Waals surface area contributed by atoms with Crippen molar-refractivity contribution in [1.29, 1.82) is 0 Å². The van der Waals surface area contributed by atoms with Gasteiger partial charge in [0.25, 0.3) is 0 Å². The standard InChI is InChI=1S/C15H30O3Si/c1-14(2,3)19-18-15(4,5)12-9-7-11(8-10-12)13(16)17-6/h11-12H,7-10,19H2,1-6H3/t11-,12-. The van der Waals surface area contributed by atoms with Crippen LogP contribution in [0.25, 0.3) is 0 Å². The molecule has 1 aliphatic carbocycles. The first-order valence-electron chi connectivity index (χ1n) is 7.37. The van der Waals surface area contributed by atoms with Crippen molar-refractivity contribution in [2.45, 2.75) is 70.9 Å². The maximum Gasteiger partial charge on any atom is 0.308 e. The Labute approximate surface area is 120 Å². The third-order valence-electron chi connectivity index (χ3n) is 4.12. The number of carbonyl (C=O) groups is 1. The second-order valence-electron chi connectivity index (χ2n) is 7.52. The molecule has 0 unspecified atom stereocenters. The molecule has 0 saturated heterocycles. The lowest BCUT2D eigenvalue weighted by atomic mass is 9.75. The molecule has 1 rings (SSSR count). The van der Waals surface area contributed by atoms with Gasteiger partial charge in [-0.25, -0.2) is 0 Å². The smallest absolute Gasteiger partial charge is 0.308 e. The van der Waals surface area contributed by atoms with E-state index in [0.717, 1.165) is 25.7 Å². The Morgan fingerprint density at radius 1 is 1.05 bits per heavy atom. The van der Waals surface area contributed by atoms with Gasteiger partial charge >= 0.3 is 5.97 Å². The molecule has 0 aliphatic heterocycles. The van der Waals surface area contributed by atoms with E-state index in [4.69, 9.17) is 9.16 Å². The average molecular weight is 286 g/mol. The fourth-order valence-electron chi connectivity index (χ4n) is 2.71. The van der Waals surface area contributed by atoms with Crippen LogP contribution in [0.5, 0.6) is 0 Å². The maximum absolute atomic E-state index is 11.5. The van der Waals surface area contributed by atoms with Gasteiger partial charge in [-0.15, -0.1) is 0 Å². The highest BCUT2D eigenvalue weighted by molar-refractivity contribution is 6.31. The lowest BCUT2D eigenvalue weighted by Gasteiger charge is -2.40. The van der Waals surface area contributed by atoms with Crippen molar-refractivity contribution >= 4 is 15.7 Å². The first-order chi connectivity index (χ1) is 8.65. The predicted molar refractivity (Wildman–Crippen MR) is 80.9 cm³/mol. The molecule has 0 aromatic rings. The number of ether oxygens (including phenoxy) is 1. The first-order valence-corrected chi connectivity index (χ1v) is 8.66. The van der Waals surface area contributed by atoms with Gasteiger partial charge in [0.15, 0.2) is 9.76 Å². The summed E-state index contributed by atoms with van der Waals surface area (Å²) in [6, 6.07) is 0. The van der Waals surface area contributed by atoms with Gasteiger partial charge in [0.1, 0.15) is 0 Å². The van der Waals surface area contributed by atoms with E-state index in [-0.39, 0.29) is 17.5 Å². The van der Waals surface area contributed by atoms with Crippen molar-refractivity contribution in [3.05, 3.63) is 0 Å². The van der Waals surface area contributed by atoms with Crippen molar-refractivity contribution in [2.75, 3.05) is 7.11 Å². The van der Waals surface area contributed by atoms with Gasteiger partial charge in [0.05, 0.1) is 18.6 Å². The number of esters is 1. The van der Waals surface area contributed by atoms with E-state index < -0.39 is 9.76 Å². The van der Waals surface area contributed by atoms with E-state index >= 15 is 0 Å². The Bertz CT molecular complexity index is 299. The monoisotopic (exact) mass is 286 g/mol. The second-order valence-corrected chi connectivity index (χ2v) is 10.2. The molecule has 1 fully saturated rings. The van der Waals surface area contributed by atoms with Gasteiger partial charge in [0, 0.05) is 0 Å². The maximum atomic E-state index is 11.5. The highest BCUT2D eigenvalue weighted by atomic mass is 28.2. The summed E-state index contributed by atoms with van der Waals surface area (Å²) in [6.45, 7) is 11.2. The van der Waals surface area contributed by atoms with E-state index in [2.05, 4.69) is 34.6 Å². The lowest BCUT2D eigenvalue weighted by Crippen LogP contribution is -2.40. The van der Waals surface area contributed by atoms with Crippen LogP contribution in [0.2, 0.25) is 5.04 Å². The highest BCUT2D eigenvalue weighted by Gasteiger charge is 2.36. The fraction of sp³-hybridized carbons (Fsp3) is 0.933. The molecule has 0 N–H and O–H groups in total. The molecule has 3 nitrogen and oxygen atoms in total. The van der Waals surface area contributed by atoms with E-state index in [1.807, 2.05) is 0 Å². The number of hydrogen-bond acceptors (Lipinski definition) is 3. The molecule has 1 aliphatic rings. The molecular formula is C15H30O3Si. The summed E-state index contributed by atoms with van der Waals surface area (Å²) in [5.41, 5.74) is -0.0411. The molecular weight excluding hydrogens is 256 g/mol. The Balaban J connectivity index is 2.47. The third-order valence-corrected chi connectivity index (χ3v) is 5.88. The quantitative estimate of drug-likeness (QED) is 0.588. The Hall–Kier alpha value is -0.353. The zero-order valence-electron chi connectivity index (χ0n) is 13.4. The SMILES string of the molecule is COC(=O)[C@H]1CC[C@H](C(C)(C)O[SiH2]C(C)(C)C)CC1. The first kappa shape index (κ1) is 16.7. The van der Waals surface area contributed by atoms with Crippen LogP contribution in [0.1, 0.15) is 60.3 Å². The largest absolute Gasteiger partial charge is 0.469 e. The topological polar surface area (TPSA) is 35.5 Å². The summed E-state index contributed by atoms with van der Waals surface area (Å²) in [6.07, 6.45) is 4.04. The normalized spacial score (nSPS) is 25.8. The predicted octanol–water partition coefficient (Wildman–Crippen LogP) is 3.06. The number of rotatable bonds is 4. The van der Waals surface area contributed by atoms with Crippen LogP contribution in [0.3, 0.4) is 0 Å². The van der Waals surface area contributed by atoms with Gasteiger partial charge in [-0.2, -0.15) is 0 Å². The van der Waals surface area contributed by atoms with Gasteiger partial charge < -0.3 is 9.16 Å². The summed E-state index contributed by atoms with van der Waals surface area (Å²) < 4.78 is 11.1. The van der Waals surface area contributed by atoms with E-state index in [1.165, 1.54) is 7.11 Å². The molecule has 1 saturated carbocycles. The molecule has 0 spiro atoms. The van der Waals surface area contributed by atoms with Crippen LogP contribution in [0.4, 0.5) is 0 Å². The molecule has 19 heavy (non-hydrogen) atoms. The van der Waals surface area contributed by atoms with Crippen molar-refractivity contribution < 1.29 is 14.0 Å². The summed E-state index contributed by atoms with van der Waals surface area (Å²) in [5, 5.41) is 0.334. The Morgan fingerprint density at radius 2 is 1.58 bits per heavy atom. The minimum Gasteiger partial charge on any atom is -0.469 e. The minimum atomic E-state index is -0.524. The van der Waals surface area contributed by atoms with Crippen LogP contribution >= 0.6 is 0 Å². The van der Waals surface area contributed by atoms with Crippen LogP contribution in [-0.4, -0.2) is 28.4 Å². The Kier molecular flexibility index (Phi) is 5.62. The third kappa shape index (κ3) is 5.26. The molecule has 0 radical (unpaired) electrons. The summed E-state index contributed by atoms with van der Waals surface area (Å²) in [5.74, 6) is 0.640. The summed E-state index contributed by atoms with van der Waals surface area (Å²) in [4.78, 5) is 11.5. The van der Waals surface area contributed by atoms with Gasteiger partial charge in [-0.3, -0.25) is 4.79 Å². The minimum absolute atomic E-state index is 0.0405. The molecule has 0 aromatic heterocycles. The highest BCUT2D eigenvalue weighted by Crippen LogP contribution is 2.38. The van der Waals surface area contributed by atoms with Crippen molar-refractivity contribution in [1.82, 2.24) is 0 Å². The zero-order chi connectivity index (χ0) is 14.7. The molecule has 0 aromatic carbocycles. The number of carbonyl (C=O) groups excluding carboxylic acids is 1.